The lowest BCUT2D eigenvalue weighted by Gasteiger charge is -2.28. The molecule has 496 valence electrons. The Hall–Kier alpha value is -0.990. The Morgan fingerprint density at radius 2 is 0.542 bits per heavy atom. The summed E-state index contributed by atoms with van der Waals surface area (Å²) in [6.07, 6.45) is 79.4. The Balaban J connectivity index is 3.85. The van der Waals surface area contributed by atoms with Crippen molar-refractivity contribution in [3.8, 4) is 0 Å². The molecule has 9 nitrogen and oxygen atoms in total. The van der Waals surface area contributed by atoms with Gasteiger partial charge in [-0.1, -0.05) is 380 Å². The maximum absolute atomic E-state index is 12.9. The minimum atomic E-state index is -4.63. The number of quaternary nitrogens is 1. The first-order valence-electron chi connectivity index (χ1n) is 37.2. The molecule has 0 spiro atoms. The number of phosphoric acid groups is 1. The van der Waals surface area contributed by atoms with E-state index in [2.05, 4.69) is 13.8 Å². The third-order valence-corrected chi connectivity index (χ3v) is 18.3. The third kappa shape index (κ3) is 70.0. The van der Waals surface area contributed by atoms with Crippen molar-refractivity contribution >= 4 is 19.8 Å². The summed E-state index contributed by atoms with van der Waals surface area (Å²) in [5.41, 5.74) is 0. The highest BCUT2D eigenvalue weighted by molar-refractivity contribution is 7.45. The second kappa shape index (κ2) is 65.5. The van der Waals surface area contributed by atoms with E-state index in [1.807, 2.05) is 21.1 Å². The van der Waals surface area contributed by atoms with E-state index in [1.54, 1.807) is 0 Å². The van der Waals surface area contributed by atoms with Gasteiger partial charge in [0.1, 0.15) is 19.8 Å². The van der Waals surface area contributed by atoms with E-state index >= 15 is 0 Å². The molecule has 0 saturated heterocycles. The Morgan fingerprint density at radius 3 is 0.771 bits per heavy atom. The molecular weight excluding hydrogens is 1050 g/mol. The predicted octanol–water partition coefficient (Wildman–Crippen LogP) is 23.5. The van der Waals surface area contributed by atoms with Gasteiger partial charge in [0.15, 0.2) is 6.10 Å². The molecule has 0 aliphatic carbocycles. The summed E-state index contributed by atoms with van der Waals surface area (Å²) in [4.78, 5) is 38.0. The molecule has 0 aliphatic heterocycles. The van der Waals surface area contributed by atoms with Gasteiger partial charge in [0, 0.05) is 12.8 Å². The quantitative estimate of drug-likeness (QED) is 0.0256. The van der Waals surface area contributed by atoms with Gasteiger partial charge in [-0.2, -0.15) is 0 Å². The summed E-state index contributed by atoms with van der Waals surface area (Å²) in [6, 6.07) is 0. The number of carbonyl (C=O) groups excluding carboxylic acids is 2. The monoisotopic (exact) mass is 1200 g/mol. The maximum atomic E-state index is 12.9. The van der Waals surface area contributed by atoms with E-state index in [0.29, 0.717) is 17.4 Å². The van der Waals surface area contributed by atoms with Crippen LogP contribution in [-0.4, -0.2) is 70.0 Å². The first-order chi connectivity index (χ1) is 40.5. The van der Waals surface area contributed by atoms with Gasteiger partial charge in [0.25, 0.3) is 7.82 Å². The Kier molecular flexibility index (Phi) is 64.7. The highest BCUT2D eigenvalue weighted by Crippen LogP contribution is 2.38. The summed E-state index contributed by atoms with van der Waals surface area (Å²) in [7, 11) is 1.20. The molecule has 0 amide bonds. The molecule has 2 atom stereocenters. The summed E-state index contributed by atoms with van der Waals surface area (Å²) in [5.74, 6) is -0.804. The van der Waals surface area contributed by atoms with E-state index in [4.69, 9.17) is 18.5 Å². The van der Waals surface area contributed by atoms with Crippen LogP contribution in [0.2, 0.25) is 0 Å². The number of esters is 2. The topological polar surface area (TPSA) is 111 Å². The number of carbonyl (C=O) groups is 2. The molecule has 0 heterocycles. The number of ether oxygens (including phenoxy) is 2. The maximum Gasteiger partial charge on any atom is 0.306 e. The van der Waals surface area contributed by atoms with Gasteiger partial charge in [0.2, 0.25) is 0 Å². The van der Waals surface area contributed by atoms with Crippen molar-refractivity contribution < 1.29 is 42.1 Å². The van der Waals surface area contributed by atoms with Crippen LogP contribution in [0.3, 0.4) is 0 Å². The number of unbranched alkanes of at least 4 members (excludes halogenated alkanes) is 57. The Morgan fingerprint density at radius 1 is 0.325 bits per heavy atom. The van der Waals surface area contributed by atoms with E-state index in [9.17, 15) is 19.0 Å². The molecule has 0 aromatic carbocycles. The number of nitrogens with zero attached hydrogens (tertiary/aromatic N) is 1. The van der Waals surface area contributed by atoms with Crippen LogP contribution in [0, 0.1) is 0 Å². The molecule has 0 aliphatic rings. The van der Waals surface area contributed by atoms with Gasteiger partial charge in [0.05, 0.1) is 27.7 Å². The van der Waals surface area contributed by atoms with Crippen molar-refractivity contribution in [1.29, 1.82) is 0 Å². The molecule has 0 radical (unpaired) electrons. The average molecular weight is 1200 g/mol. The van der Waals surface area contributed by atoms with Crippen molar-refractivity contribution in [2.75, 3.05) is 47.5 Å². The fourth-order valence-electron chi connectivity index (χ4n) is 11.7. The molecule has 2 unspecified atom stereocenters. The van der Waals surface area contributed by atoms with E-state index < -0.39 is 26.5 Å². The Bertz CT molecular complexity index is 1360. The summed E-state index contributed by atoms with van der Waals surface area (Å²) in [5, 5.41) is 0. The molecule has 0 N–H and O–H groups in total. The van der Waals surface area contributed by atoms with Crippen molar-refractivity contribution in [3.05, 3.63) is 0 Å². The first-order valence-corrected chi connectivity index (χ1v) is 38.7. The summed E-state index contributed by atoms with van der Waals surface area (Å²) < 4.78 is 34.3. The average Bonchev–Trinajstić information content (AvgIpc) is 3.48. The zero-order chi connectivity index (χ0) is 60.5. The van der Waals surface area contributed by atoms with Crippen LogP contribution in [0.15, 0.2) is 0 Å². The van der Waals surface area contributed by atoms with Crippen LogP contribution >= 0.6 is 7.82 Å². The smallest absolute Gasteiger partial charge is 0.306 e. The lowest BCUT2D eigenvalue weighted by atomic mass is 10.0. The highest BCUT2D eigenvalue weighted by atomic mass is 31.2. The lowest BCUT2D eigenvalue weighted by molar-refractivity contribution is -0.870. The van der Waals surface area contributed by atoms with Crippen LogP contribution in [0.4, 0.5) is 0 Å². The molecule has 0 aromatic rings. The second-order valence-corrected chi connectivity index (χ2v) is 28.4. The van der Waals surface area contributed by atoms with Gasteiger partial charge in [-0.05, 0) is 12.8 Å². The minimum absolute atomic E-state index is 0.0248. The van der Waals surface area contributed by atoms with E-state index in [0.717, 1.165) is 32.1 Å². The standard InChI is InChI=1S/C73H146NO8P/c1-6-8-10-12-14-16-18-20-22-24-26-28-29-30-31-32-33-34-35-36-37-38-39-40-41-42-43-44-45-46-48-50-52-54-56-58-60-62-64-66-73(76)82-71(70-81-83(77,78)80-68-67-74(3,4)5)69-79-72(75)65-63-61-59-57-55-53-51-49-47-27-25-23-21-19-17-15-13-11-9-7-2/h71H,6-70H2,1-5H3. The lowest BCUT2D eigenvalue weighted by Crippen LogP contribution is -2.37. The van der Waals surface area contributed by atoms with Gasteiger partial charge in [-0.25, -0.2) is 0 Å². The van der Waals surface area contributed by atoms with E-state index in [1.165, 1.54) is 340 Å². The normalized spacial score (nSPS) is 13.0. The predicted molar refractivity (Wildman–Crippen MR) is 356 cm³/mol. The SMILES string of the molecule is CCCCCCCCCCCCCCCCCCCCCCCCCCCCCCCCCCCCCCCCCC(=O)OC(COC(=O)CCCCCCCCCCCCCCCCCCCCCC)COP(=O)([O-])OCC[N+](C)(C)C. The van der Waals surface area contributed by atoms with Crippen LogP contribution < -0.4 is 4.89 Å². The minimum Gasteiger partial charge on any atom is -0.756 e. The van der Waals surface area contributed by atoms with Crippen LogP contribution in [0.1, 0.15) is 406 Å². The molecule has 0 aromatic heterocycles. The van der Waals surface area contributed by atoms with Crippen molar-refractivity contribution in [1.82, 2.24) is 0 Å². The molecule has 0 bridgehead atoms. The van der Waals surface area contributed by atoms with Gasteiger partial charge >= 0.3 is 11.9 Å². The molecule has 83 heavy (non-hydrogen) atoms. The number of phosphoric ester groups is 1. The van der Waals surface area contributed by atoms with Crippen molar-refractivity contribution in [2.45, 2.75) is 412 Å². The zero-order valence-electron chi connectivity index (χ0n) is 56.7. The van der Waals surface area contributed by atoms with Crippen molar-refractivity contribution in [2.24, 2.45) is 0 Å². The molecule has 0 fully saturated rings. The van der Waals surface area contributed by atoms with Gasteiger partial charge in [-0.15, -0.1) is 0 Å². The zero-order valence-corrected chi connectivity index (χ0v) is 57.6. The number of hydrogen-bond donors (Lipinski definition) is 0. The van der Waals surface area contributed by atoms with Crippen LogP contribution in [-0.2, 0) is 32.7 Å². The number of likely N-dealkylation sites (N-methyl/N-ethyl adjacent to an activating group) is 1. The van der Waals surface area contributed by atoms with Crippen LogP contribution in [0.25, 0.3) is 0 Å². The third-order valence-electron chi connectivity index (χ3n) is 17.4. The summed E-state index contributed by atoms with van der Waals surface area (Å²) >= 11 is 0. The first kappa shape index (κ1) is 82.0. The van der Waals surface area contributed by atoms with Crippen molar-refractivity contribution in [3.63, 3.8) is 0 Å². The molecule has 0 rings (SSSR count). The van der Waals surface area contributed by atoms with Gasteiger partial charge in [-0.3, -0.25) is 14.2 Å². The molecule has 10 heteroatoms. The largest absolute Gasteiger partial charge is 0.756 e. The van der Waals surface area contributed by atoms with E-state index in [-0.39, 0.29) is 32.0 Å². The molecular formula is C73H146NO8P. The second-order valence-electron chi connectivity index (χ2n) is 27.0. The Labute approximate surface area is 518 Å². The fourth-order valence-corrected chi connectivity index (χ4v) is 12.4. The summed E-state index contributed by atoms with van der Waals surface area (Å²) in [6.45, 7) is 4.34. The van der Waals surface area contributed by atoms with Crippen LogP contribution in [0.5, 0.6) is 0 Å². The number of hydrogen-bond acceptors (Lipinski definition) is 8. The fraction of sp³-hybridized carbons (Fsp3) is 0.973. The number of rotatable bonds is 71. The highest BCUT2D eigenvalue weighted by Gasteiger charge is 2.22. The van der Waals surface area contributed by atoms with Gasteiger partial charge < -0.3 is 27.9 Å². The molecule has 0 saturated carbocycles.